The predicted octanol–water partition coefficient (Wildman–Crippen LogP) is 0.971. The highest BCUT2D eigenvalue weighted by Crippen LogP contribution is 2.31. The van der Waals surface area contributed by atoms with Gasteiger partial charge < -0.3 is 10.7 Å². The number of para-hydroxylation sites is 1. The van der Waals surface area contributed by atoms with E-state index in [1.165, 1.54) is 0 Å². The van der Waals surface area contributed by atoms with Crippen LogP contribution in [0.15, 0.2) is 24.3 Å². The van der Waals surface area contributed by atoms with Gasteiger partial charge >= 0.3 is 0 Å². The molecule has 2 heterocycles. The van der Waals surface area contributed by atoms with E-state index in [0.717, 1.165) is 27.9 Å². The Morgan fingerprint density at radius 1 is 1.35 bits per heavy atom. The van der Waals surface area contributed by atoms with Crippen molar-refractivity contribution in [1.82, 2.24) is 21.2 Å². The van der Waals surface area contributed by atoms with Crippen LogP contribution in [-0.2, 0) is 16.0 Å². The quantitative estimate of drug-likeness (QED) is 0.500. The third-order valence-electron chi connectivity index (χ3n) is 4.73. The molecule has 3 rings (SSSR count). The van der Waals surface area contributed by atoms with Gasteiger partial charge in [-0.1, -0.05) is 18.2 Å². The van der Waals surface area contributed by atoms with Gasteiger partial charge in [0.05, 0.1) is 12.1 Å². The Balaban J connectivity index is 1.64. The minimum Gasteiger partial charge on any atom is -0.357 e. The maximum Gasteiger partial charge on any atom is 0.255 e. The zero-order chi connectivity index (χ0) is 18.7. The van der Waals surface area contributed by atoms with Crippen LogP contribution < -0.4 is 21.9 Å². The molecular weight excluding hydrogens is 350 g/mol. The second-order valence-corrected chi connectivity index (χ2v) is 7.56. The summed E-state index contributed by atoms with van der Waals surface area (Å²) >= 11 is 1.63. The molecule has 0 bridgehead atoms. The Bertz CT molecular complexity index is 806. The molecule has 8 heteroatoms. The number of benzene rings is 1. The number of carbonyl (C=O) groups excluding carboxylic acids is 2. The second kappa shape index (κ2) is 8.11. The Labute approximate surface area is 156 Å². The first-order chi connectivity index (χ1) is 12.5. The van der Waals surface area contributed by atoms with Crippen molar-refractivity contribution < 1.29 is 9.59 Å². The molecular formula is C18H25N5O2S. The fourth-order valence-electron chi connectivity index (χ4n) is 3.31. The molecule has 2 aromatic rings. The fraction of sp³-hybridized carbons (Fsp3) is 0.444. The number of hydrogen-bond acceptors (Lipinski definition) is 5. The summed E-state index contributed by atoms with van der Waals surface area (Å²) in [6.07, 6.45) is 3.09. The van der Waals surface area contributed by atoms with Crippen LogP contribution in [0, 0.1) is 0 Å². The summed E-state index contributed by atoms with van der Waals surface area (Å²) in [5, 5.41) is 4.43. The largest absolute Gasteiger partial charge is 0.357 e. The number of aromatic nitrogens is 1. The SMILES string of the molecule is CSCC[C@H](N)C(=O)NNC(=O)[C@@H]1Cc2c([nH]c3ccccc23)[C@H](C)N1. The normalized spacial score (nSPS) is 20.4. The molecule has 0 spiro atoms. The number of hydrogen-bond donors (Lipinski definition) is 5. The third kappa shape index (κ3) is 3.87. The van der Waals surface area contributed by atoms with E-state index in [1.807, 2.05) is 31.4 Å². The van der Waals surface area contributed by atoms with Gasteiger partial charge in [-0.25, -0.2) is 0 Å². The fourth-order valence-corrected chi connectivity index (χ4v) is 3.80. The van der Waals surface area contributed by atoms with Crippen LogP contribution in [0.4, 0.5) is 0 Å². The Morgan fingerprint density at radius 2 is 2.12 bits per heavy atom. The maximum atomic E-state index is 12.5. The monoisotopic (exact) mass is 375 g/mol. The van der Waals surface area contributed by atoms with Crippen molar-refractivity contribution in [3.63, 3.8) is 0 Å². The van der Waals surface area contributed by atoms with Gasteiger partial charge in [0.25, 0.3) is 11.8 Å². The van der Waals surface area contributed by atoms with Crippen molar-refractivity contribution in [2.24, 2.45) is 5.73 Å². The number of fused-ring (bicyclic) bond motifs is 3. The van der Waals surface area contributed by atoms with Crippen molar-refractivity contribution >= 4 is 34.5 Å². The van der Waals surface area contributed by atoms with Gasteiger partial charge in [-0.15, -0.1) is 0 Å². The number of nitrogens with two attached hydrogens (primary N) is 1. The highest BCUT2D eigenvalue weighted by atomic mass is 32.2. The van der Waals surface area contributed by atoms with Crippen LogP contribution in [-0.4, -0.2) is 40.9 Å². The van der Waals surface area contributed by atoms with E-state index in [0.29, 0.717) is 12.8 Å². The Hall–Kier alpha value is -2.03. The number of amides is 2. The first kappa shape index (κ1) is 18.8. The van der Waals surface area contributed by atoms with Gasteiger partial charge in [0.2, 0.25) is 0 Å². The number of H-pyrrole nitrogens is 1. The lowest BCUT2D eigenvalue weighted by molar-refractivity contribution is -0.130. The number of carbonyl (C=O) groups is 2. The topological polar surface area (TPSA) is 112 Å². The summed E-state index contributed by atoms with van der Waals surface area (Å²) in [7, 11) is 0. The van der Waals surface area contributed by atoms with Gasteiger partial charge in [-0.05, 0) is 43.4 Å². The minimum atomic E-state index is -0.624. The molecule has 2 amide bonds. The standard InChI is InChI=1S/C18H25N5O2S/c1-10-16-12(11-5-3-4-6-14(11)21-16)9-15(20-10)18(25)23-22-17(24)13(19)7-8-26-2/h3-6,10,13,15,20-21H,7-9,19H2,1-2H3,(H,22,24)(H,23,25)/t10-,13-,15-/m0/s1. The van der Waals surface area contributed by atoms with Crippen LogP contribution in [0.2, 0.25) is 0 Å². The predicted molar refractivity (Wildman–Crippen MR) is 105 cm³/mol. The lowest BCUT2D eigenvalue weighted by atomic mass is 9.94. The first-order valence-electron chi connectivity index (χ1n) is 8.71. The lowest BCUT2D eigenvalue weighted by Gasteiger charge is -2.28. The molecule has 26 heavy (non-hydrogen) atoms. The van der Waals surface area contributed by atoms with Crippen molar-refractivity contribution in [2.45, 2.75) is 37.9 Å². The van der Waals surface area contributed by atoms with Crippen LogP contribution in [0.25, 0.3) is 10.9 Å². The summed E-state index contributed by atoms with van der Waals surface area (Å²) in [6.45, 7) is 2.02. The van der Waals surface area contributed by atoms with Crippen molar-refractivity contribution in [2.75, 3.05) is 12.0 Å². The summed E-state index contributed by atoms with van der Waals surface area (Å²) in [6, 6.07) is 7.05. The maximum absolute atomic E-state index is 12.5. The van der Waals surface area contributed by atoms with Crippen molar-refractivity contribution in [1.29, 1.82) is 0 Å². The van der Waals surface area contributed by atoms with Gasteiger partial charge in [0, 0.05) is 22.6 Å². The average molecular weight is 375 g/mol. The Morgan fingerprint density at radius 3 is 2.88 bits per heavy atom. The van der Waals surface area contributed by atoms with E-state index in [9.17, 15) is 9.59 Å². The zero-order valence-corrected chi connectivity index (χ0v) is 15.8. The van der Waals surface area contributed by atoms with E-state index >= 15 is 0 Å². The van der Waals surface area contributed by atoms with E-state index in [1.54, 1.807) is 11.8 Å². The minimum absolute atomic E-state index is 0.0152. The molecule has 0 radical (unpaired) electrons. The first-order valence-corrected chi connectivity index (χ1v) is 10.1. The molecule has 0 aliphatic carbocycles. The number of nitrogens with one attached hydrogen (secondary N) is 4. The molecule has 1 aliphatic rings. The molecule has 0 unspecified atom stereocenters. The van der Waals surface area contributed by atoms with E-state index in [4.69, 9.17) is 5.73 Å². The molecule has 7 nitrogen and oxygen atoms in total. The molecule has 0 saturated carbocycles. The van der Waals surface area contributed by atoms with Gasteiger partial charge in [0.1, 0.15) is 0 Å². The molecule has 6 N–H and O–H groups in total. The van der Waals surface area contributed by atoms with Crippen LogP contribution in [0.1, 0.15) is 30.6 Å². The molecule has 140 valence electrons. The van der Waals surface area contributed by atoms with E-state index < -0.39 is 12.1 Å². The van der Waals surface area contributed by atoms with Crippen molar-refractivity contribution in [3.05, 3.63) is 35.5 Å². The van der Waals surface area contributed by atoms with Gasteiger partial charge in [0.15, 0.2) is 0 Å². The third-order valence-corrected chi connectivity index (χ3v) is 5.38. The number of aromatic amines is 1. The average Bonchev–Trinajstić information content (AvgIpc) is 3.03. The highest BCUT2D eigenvalue weighted by Gasteiger charge is 2.31. The van der Waals surface area contributed by atoms with Gasteiger partial charge in [-0.3, -0.25) is 25.8 Å². The highest BCUT2D eigenvalue weighted by molar-refractivity contribution is 7.98. The smallest absolute Gasteiger partial charge is 0.255 e. The van der Waals surface area contributed by atoms with Crippen LogP contribution in [0.5, 0.6) is 0 Å². The summed E-state index contributed by atoms with van der Waals surface area (Å²) in [5.74, 6) is 0.162. The Kier molecular flexibility index (Phi) is 5.85. The number of thioether (sulfide) groups is 1. The number of rotatable bonds is 5. The van der Waals surface area contributed by atoms with E-state index in [-0.39, 0.29) is 17.9 Å². The van der Waals surface area contributed by atoms with Crippen molar-refractivity contribution in [3.8, 4) is 0 Å². The lowest BCUT2D eigenvalue weighted by Crippen LogP contribution is -2.56. The molecule has 1 aromatic carbocycles. The second-order valence-electron chi connectivity index (χ2n) is 6.57. The molecule has 0 fully saturated rings. The zero-order valence-electron chi connectivity index (χ0n) is 15.0. The summed E-state index contributed by atoms with van der Waals surface area (Å²) in [4.78, 5) is 27.9. The number of hydrazine groups is 1. The van der Waals surface area contributed by atoms with Crippen LogP contribution >= 0.6 is 11.8 Å². The summed E-state index contributed by atoms with van der Waals surface area (Å²) in [5.41, 5.74) is 14.1. The van der Waals surface area contributed by atoms with E-state index in [2.05, 4.69) is 27.2 Å². The molecule has 3 atom stereocenters. The summed E-state index contributed by atoms with van der Waals surface area (Å²) < 4.78 is 0. The molecule has 1 aliphatic heterocycles. The molecule has 1 aromatic heterocycles. The van der Waals surface area contributed by atoms with Crippen LogP contribution in [0.3, 0.4) is 0 Å². The van der Waals surface area contributed by atoms with Gasteiger partial charge in [-0.2, -0.15) is 11.8 Å². The molecule has 0 saturated heterocycles.